The van der Waals surface area contributed by atoms with Crippen LogP contribution in [0.4, 0.5) is 0 Å². The number of nitrogens with zero attached hydrogens (tertiary/aromatic N) is 1. The van der Waals surface area contributed by atoms with Gasteiger partial charge in [0.25, 0.3) is 0 Å². The van der Waals surface area contributed by atoms with Crippen LogP contribution in [-0.4, -0.2) is 21.7 Å². The third-order valence-electron chi connectivity index (χ3n) is 0.964. The van der Waals surface area contributed by atoms with Gasteiger partial charge in [-0.1, -0.05) is 12.2 Å². The molecule has 0 spiro atoms. The molecule has 0 aromatic carbocycles. The van der Waals surface area contributed by atoms with E-state index in [4.69, 9.17) is 18.0 Å². The van der Waals surface area contributed by atoms with E-state index >= 15 is 0 Å². The number of hydrogen-bond donors (Lipinski definition) is 1. The lowest BCUT2D eigenvalue weighted by molar-refractivity contribution is 0.473. The minimum atomic E-state index is 0.484. The molecular weight excluding hydrogens is 184 g/mol. The van der Waals surface area contributed by atoms with Crippen molar-refractivity contribution >= 4 is 38.3 Å². The van der Waals surface area contributed by atoms with E-state index in [1.54, 1.807) is 11.0 Å². The first-order valence-corrected chi connectivity index (χ1v) is 5.42. The van der Waals surface area contributed by atoms with Crippen LogP contribution in [0.15, 0.2) is 0 Å². The number of nitrogens with two attached hydrogens (primary N) is 1. The summed E-state index contributed by atoms with van der Waals surface area (Å²) in [7, 11) is 5.01. The quantitative estimate of drug-likeness (QED) is 0.423. The topological polar surface area (TPSA) is 29.3 Å². The van der Waals surface area contributed by atoms with E-state index < -0.39 is 0 Å². The van der Waals surface area contributed by atoms with Gasteiger partial charge in [-0.25, -0.2) is 4.31 Å². The highest BCUT2D eigenvalue weighted by Crippen LogP contribution is 2.25. The molecule has 0 unspecified atom stereocenters. The van der Waals surface area contributed by atoms with Gasteiger partial charge in [-0.15, -0.1) is 0 Å². The van der Waals surface area contributed by atoms with Gasteiger partial charge in [0.1, 0.15) is 4.32 Å². The zero-order chi connectivity index (χ0) is 8.15. The highest BCUT2D eigenvalue weighted by Gasteiger charge is 2.03. The Kier molecular flexibility index (Phi) is 5.52. The Labute approximate surface area is 75.4 Å². The van der Waals surface area contributed by atoms with Crippen molar-refractivity contribution in [2.45, 2.75) is 19.9 Å². The number of rotatable bonds is 3. The highest BCUT2D eigenvalue weighted by molar-refractivity contribution is 8.82. The van der Waals surface area contributed by atoms with Gasteiger partial charge in [0.05, 0.1) is 0 Å². The predicted octanol–water partition coefficient (Wildman–Crippen LogP) is 1.87. The Hall–Kier alpha value is 0.550. The third-order valence-corrected chi connectivity index (χ3v) is 3.89. The van der Waals surface area contributed by atoms with E-state index in [2.05, 4.69) is 18.2 Å². The summed E-state index contributed by atoms with van der Waals surface area (Å²) in [5, 5.41) is 0. The standard InChI is InChI=1S/C5H12N2S3/c1-4(2)7(3)10-9-5(6)8/h4H,1-3H3,(H2,6,8). The Balaban J connectivity index is 3.39. The van der Waals surface area contributed by atoms with Crippen LogP contribution < -0.4 is 5.73 Å². The van der Waals surface area contributed by atoms with Crippen LogP contribution in [0.3, 0.4) is 0 Å². The van der Waals surface area contributed by atoms with Gasteiger partial charge in [-0.2, -0.15) is 0 Å². The van der Waals surface area contributed by atoms with Crippen LogP contribution in [0, 0.1) is 0 Å². The first-order chi connectivity index (χ1) is 4.54. The maximum absolute atomic E-state index is 5.29. The van der Waals surface area contributed by atoms with Crippen molar-refractivity contribution in [3.63, 3.8) is 0 Å². The molecule has 5 heteroatoms. The first kappa shape index (κ1) is 10.6. The van der Waals surface area contributed by atoms with Gasteiger partial charge in [0.2, 0.25) is 0 Å². The molecule has 0 saturated heterocycles. The maximum atomic E-state index is 5.29. The van der Waals surface area contributed by atoms with Crippen molar-refractivity contribution in [1.82, 2.24) is 4.31 Å². The maximum Gasteiger partial charge on any atom is 0.143 e. The van der Waals surface area contributed by atoms with E-state index in [9.17, 15) is 0 Å². The van der Waals surface area contributed by atoms with E-state index in [0.717, 1.165) is 0 Å². The summed E-state index contributed by atoms with van der Waals surface area (Å²) < 4.78 is 2.58. The highest BCUT2D eigenvalue weighted by atomic mass is 33.1. The second-order valence-electron chi connectivity index (χ2n) is 2.12. The zero-order valence-corrected chi connectivity index (χ0v) is 8.78. The minimum Gasteiger partial charge on any atom is -0.384 e. The molecule has 0 atom stereocenters. The van der Waals surface area contributed by atoms with Crippen LogP contribution in [0.2, 0.25) is 0 Å². The van der Waals surface area contributed by atoms with Crippen molar-refractivity contribution in [2.75, 3.05) is 7.05 Å². The summed E-state index contributed by atoms with van der Waals surface area (Å²) in [6.07, 6.45) is 0. The van der Waals surface area contributed by atoms with Crippen molar-refractivity contribution in [2.24, 2.45) is 5.73 Å². The largest absolute Gasteiger partial charge is 0.384 e. The third kappa shape index (κ3) is 5.34. The fraction of sp³-hybridized carbons (Fsp3) is 0.800. The summed E-state index contributed by atoms with van der Waals surface area (Å²) in [6.45, 7) is 4.24. The SMILES string of the molecule is CC(C)N(C)SSC(N)=S. The summed E-state index contributed by atoms with van der Waals surface area (Å²) in [5.74, 6) is 0. The zero-order valence-electron chi connectivity index (χ0n) is 6.33. The minimum absolute atomic E-state index is 0.484. The second kappa shape index (κ2) is 5.23. The molecule has 0 aliphatic heterocycles. The molecule has 0 saturated carbocycles. The Bertz CT molecular complexity index is 115. The lowest BCUT2D eigenvalue weighted by Crippen LogP contribution is -2.18. The van der Waals surface area contributed by atoms with E-state index in [1.165, 1.54) is 10.8 Å². The van der Waals surface area contributed by atoms with Crippen LogP contribution in [0.5, 0.6) is 0 Å². The molecule has 0 rings (SSSR count). The van der Waals surface area contributed by atoms with Gasteiger partial charge in [0, 0.05) is 6.04 Å². The Morgan fingerprint density at radius 1 is 1.60 bits per heavy atom. The molecule has 0 aliphatic carbocycles. The molecule has 2 N–H and O–H groups in total. The van der Waals surface area contributed by atoms with Gasteiger partial charge in [-0.05, 0) is 42.7 Å². The molecule has 0 aromatic rings. The van der Waals surface area contributed by atoms with Gasteiger partial charge >= 0.3 is 0 Å². The van der Waals surface area contributed by atoms with Crippen molar-refractivity contribution in [3.8, 4) is 0 Å². The van der Waals surface area contributed by atoms with Crippen LogP contribution in [-0.2, 0) is 0 Å². The summed E-state index contributed by atoms with van der Waals surface area (Å²) in [6, 6.07) is 0.520. The Morgan fingerprint density at radius 2 is 2.10 bits per heavy atom. The van der Waals surface area contributed by atoms with Crippen LogP contribution in [0.25, 0.3) is 0 Å². The smallest absolute Gasteiger partial charge is 0.143 e. The summed E-state index contributed by atoms with van der Waals surface area (Å²) in [5.41, 5.74) is 5.29. The molecule has 0 aromatic heterocycles. The molecule has 0 aliphatic rings. The number of hydrogen-bond acceptors (Lipinski definition) is 4. The van der Waals surface area contributed by atoms with E-state index in [-0.39, 0.29) is 0 Å². The molecule has 0 fully saturated rings. The monoisotopic (exact) mass is 196 g/mol. The van der Waals surface area contributed by atoms with Crippen molar-refractivity contribution in [1.29, 1.82) is 0 Å². The molecule has 10 heavy (non-hydrogen) atoms. The first-order valence-electron chi connectivity index (χ1n) is 2.91. The predicted molar refractivity (Wildman–Crippen MR) is 54.9 cm³/mol. The average Bonchev–Trinajstić information content (AvgIpc) is 1.82. The van der Waals surface area contributed by atoms with Crippen molar-refractivity contribution in [3.05, 3.63) is 0 Å². The lowest BCUT2D eigenvalue weighted by Gasteiger charge is -2.17. The molecule has 0 amide bonds. The molecule has 60 valence electrons. The van der Waals surface area contributed by atoms with Crippen LogP contribution in [0.1, 0.15) is 13.8 Å². The Morgan fingerprint density at radius 3 is 2.40 bits per heavy atom. The fourth-order valence-corrected chi connectivity index (χ4v) is 1.91. The molecule has 0 bridgehead atoms. The summed E-state index contributed by atoms with van der Waals surface area (Å²) >= 11 is 4.69. The van der Waals surface area contributed by atoms with Crippen molar-refractivity contribution < 1.29 is 0 Å². The number of thiocarbonyl (C=S) groups is 1. The fourth-order valence-electron chi connectivity index (χ4n) is 0.182. The molecule has 0 radical (unpaired) electrons. The molecule has 0 heterocycles. The molecular formula is C5H12N2S3. The molecule has 2 nitrogen and oxygen atoms in total. The second-order valence-corrected chi connectivity index (χ2v) is 5.09. The lowest BCUT2D eigenvalue weighted by atomic mass is 10.4. The van der Waals surface area contributed by atoms with Gasteiger partial charge in [0.15, 0.2) is 0 Å². The summed E-state index contributed by atoms with van der Waals surface area (Å²) in [4.78, 5) is 0. The average molecular weight is 196 g/mol. The van der Waals surface area contributed by atoms with Crippen LogP contribution >= 0.6 is 34.0 Å². The van der Waals surface area contributed by atoms with Gasteiger partial charge in [-0.3, -0.25) is 0 Å². The normalized spacial score (nSPS) is 10.9. The van der Waals surface area contributed by atoms with E-state index in [1.807, 2.05) is 7.05 Å². The van der Waals surface area contributed by atoms with E-state index in [0.29, 0.717) is 10.4 Å². The van der Waals surface area contributed by atoms with Gasteiger partial charge < -0.3 is 5.73 Å².